The highest BCUT2D eigenvalue weighted by atomic mass is 19.1. The van der Waals surface area contributed by atoms with Crippen LogP contribution >= 0.6 is 0 Å². The molecular weight excluding hydrogens is 602 g/mol. The van der Waals surface area contributed by atoms with Crippen LogP contribution in [0.15, 0.2) is 66.1 Å². The van der Waals surface area contributed by atoms with E-state index >= 15 is 8.78 Å². The predicted octanol–water partition coefficient (Wildman–Crippen LogP) is 4.81. The number of piperazine rings is 1. The smallest absolute Gasteiger partial charge is 0.350 e. The molecule has 2 aromatic carbocycles. The van der Waals surface area contributed by atoms with Gasteiger partial charge in [0.05, 0.1) is 16.8 Å². The molecule has 5 heterocycles. The maximum atomic E-state index is 16.4. The monoisotopic (exact) mass is 636 g/mol. The predicted molar refractivity (Wildman–Crippen MR) is 175 cm³/mol. The highest BCUT2D eigenvalue weighted by molar-refractivity contribution is 5.91. The van der Waals surface area contributed by atoms with Crippen LogP contribution in [-0.2, 0) is 24.2 Å². The van der Waals surface area contributed by atoms with Crippen molar-refractivity contribution in [3.63, 3.8) is 0 Å². The zero-order chi connectivity index (χ0) is 33.0. The number of para-hydroxylation sites is 1. The van der Waals surface area contributed by atoms with Crippen LogP contribution < -0.4 is 10.6 Å². The van der Waals surface area contributed by atoms with Gasteiger partial charge in [-0.1, -0.05) is 56.0 Å². The van der Waals surface area contributed by atoms with Gasteiger partial charge < -0.3 is 9.80 Å². The fraction of sp³-hybridized carbons (Fsp3) is 0.314. The Morgan fingerprint density at radius 1 is 1.04 bits per heavy atom. The van der Waals surface area contributed by atoms with Gasteiger partial charge in [-0.3, -0.25) is 9.48 Å². The fourth-order valence-electron chi connectivity index (χ4n) is 6.79. The molecular formula is C35H34F2N8O2. The number of nitrogens with zero attached hydrogens (tertiary/aromatic N) is 8. The second-order valence-corrected chi connectivity index (χ2v) is 12.5. The van der Waals surface area contributed by atoms with Gasteiger partial charge in [0.2, 0.25) is 5.91 Å². The minimum atomic E-state index is -0.752. The Balaban J connectivity index is 1.55. The average molecular weight is 637 g/mol. The molecule has 1 amide bonds. The van der Waals surface area contributed by atoms with Crippen LogP contribution in [0.1, 0.15) is 49.1 Å². The van der Waals surface area contributed by atoms with Crippen LogP contribution in [0.2, 0.25) is 0 Å². The third-order valence-electron chi connectivity index (χ3n) is 9.09. The molecule has 0 radical (unpaired) electrons. The number of hydrogen-bond donors (Lipinski definition) is 0. The highest BCUT2D eigenvalue weighted by Crippen LogP contribution is 2.36. The molecule has 1 fully saturated rings. The lowest BCUT2D eigenvalue weighted by atomic mass is 9.95. The first-order valence-electron chi connectivity index (χ1n) is 15.7. The van der Waals surface area contributed by atoms with E-state index in [0.29, 0.717) is 54.9 Å². The second-order valence-electron chi connectivity index (χ2n) is 12.5. The summed E-state index contributed by atoms with van der Waals surface area (Å²) < 4.78 is 35.4. The number of halogens is 2. The van der Waals surface area contributed by atoms with E-state index in [1.807, 2.05) is 43.9 Å². The zero-order valence-electron chi connectivity index (χ0n) is 26.5. The molecule has 0 spiro atoms. The number of benzene rings is 2. The Labute approximate surface area is 270 Å². The maximum Gasteiger partial charge on any atom is 0.355 e. The molecule has 0 unspecified atom stereocenters. The standard InChI is InChI=1S/C35H34F2N8O2/c1-5-29(46)42-14-15-44(21(4)18-42)33-26-17-28(37)31-30-23(9-7-11-27(30)36)16-24-19-43(41-40-24)13-12-22-8-6-10-25(20(2)3)32(22)45(34(26)38-31)35(47)39-33/h5-11,17,19-21H,1,12-16,18H2,2-4H3/t21-/m0/s1. The van der Waals surface area contributed by atoms with Crippen molar-refractivity contribution in [3.05, 3.63) is 106 Å². The first kappa shape index (κ1) is 30.4. The Morgan fingerprint density at radius 3 is 2.60 bits per heavy atom. The van der Waals surface area contributed by atoms with Crippen LogP contribution in [0.5, 0.6) is 0 Å². The van der Waals surface area contributed by atoms with Gasteiger partial charge in [0.1, 0.15) is 23.1 Å². The molecule has 10 nitrogen and oxygen atoms in total. The molecule has 7 rings (SSSR count). The number of pyridine rings is 1. The second kappa shape index (κ2) is 11.8. The lowest BCUT2D eigenvalue weighted by Crippen LogP contribution is -2.54. The summed E-state index contributed by atoms with van der Waals surface area (Å²) in [6, 6.07) is 11.5. The van der Waals surface area contributed by atoms with Gasteiger partial charge >= 0.3 is 5.69 Å². The van der Waals surface area contributed by atoms with Crippen molar-refractivity contribution in [2.45, 2.75) is 52.1 Å². The third kappa shape index (κ3) is 5.27. The van der Waals surface area contributed by atoms with E-state index in [2.05, 4.69) is 21.9 Å². The lowest BCUT2D eigenvalue weighted by Gasteiger charge is -2.40. The van der Waals surface area contributed by atoms with E-state index in [4.69, 9.17) is 4.98 Å². The Bertz CT molecular complexity index is 2120. The van der Waals surface area contributed by atoms with Crippen molar-refractivity contribution in [2.75, 3.05) is 24.5 Å². The van der Waals surface area contributed by atoms with Gasteiger partial charge in [-0.05, 0) is 54.2 Å². The number of carbonyl (C=O) groups excluding carboxylic acids is 1. The summed E-state index contributed by atoms with van der Waals surface area (Å²) in [5.74, 6) is -1.30. The van der Waals surface area contributed by atoms with Crippen molar-refractivity contribution in [1.82, 2.24) is 34.4 Å². The molecule has 1 atom stereocenters. The number of aryl methyl sites for hydroxylation is 2. The van der Waals surface area contributed by atoms with E-state index in [9.17, 15) is 9.59 Å². The molecule has 12 heteroatoms. The molecule has 1 saturated heterocycles. The molecule has 2 aliphatic heterocycles. The highest BCUT2D eigenvalue weighted by Gasteiger charge is 2.31. The third-order valence-corrected chi connectivity index (χ3v) is 9.09. The number of aromatic nitrogens is 6. The number of carbonyl (C=O) groups is 1. The molecule has 0 N–H and O–H groups in total. The SMILES string of the molecule is C=CC(=O)N1CCN(c2nc(=O)n3c4nc(c(F)cc24)-c2c(F)cccc2Cc2cn(nn2)CCc2cccc(C(C)C)c2-3)[C@@H](C)C1. The van der Waals surface area contributed by atoms with E-state index in [0.717, 1.165) is 11.1 Å². The Morgan fingerprint density at radius 2 is 1.83 bits per heavy atom. The molecule has 0 saturated carbocycles. The molecule has 2 aliphatic rings. The molecule has 47 heavy (non-hydrogen) atoms. The maximum absolute atomic E-state index is 16.4. The Hall–Kier alpha value is -5.26. The first-order chi connectivity index (χ1) is 22.6. The van der Waals surface area contributed by atoms with Crippen molar-refractivity contribution < 1.29 is 13.6 Å². The quantitative estimate of drug-likeness (QED) is 0.262. The summed E-state index contributed by atoms with van der Waals surface area (Å²) >= 11 is 0. The van der Waals surface area contributed by atoms with E-state index in [-0.39, 0.29) is 47.0 Å². The van der Waals surface area contributed by atoms with Crippen molar-refractivity contribution in [3.8, 4) is 16.9 Å². The van der Waals surface area contributed by atoms with Gasteiger partial charge in [-0.25, -0.2) is 23.1 Å². The summed E-state index contributed by atoms with van der Waals surface area (Å²) in [6.07, 6.45) is 3.81. The average Bonchev–Trinajstić information content (AvgIpc) is 3.50. The summed E-state index contributed by atoms with van der Waals surface area (Å²) in [4.78, 5) is 39.7. The number of fused-ring (bicyclic) bond motifs is 7. The summed E-state index contributed by atoms with van der Waals surface area (Å²) in [5.41, 5.74) is 2.82. The van der Waals surface area contributed by atoms with Crippen LogP contribution in [0.4, 0.5) is 14.6 Å². The number of rotatable bonds is 3. The number of amides is 1. The summed E-state index contributed by atoms with van der Waals surface area (Å²) in [7, 11) is 0. The van der Waals surface area contributed by atoms with Gasteiger partial charge in [0.25, 0.3) is 0 Å². The van der Waals surface area contributed by atoms with Gasteiger partial charge in [0, 0.05) is 50.4 Å². The van der Waals surface area contributed by atoms with Crippen molar-refractivity contribution in [2.24, 2.45) is 0 Å². The van der Waals surface area contributed by atoms with Gasteiger partial charge in [0.15, 0.2) is 5.65 Å². The minimum absolute atomic E-state index is 0.00170. The topological polar surface area (TPSA) is 102 Å². The fourth-order valence-corrected chi connectivity index (χ4v) is 6.79. The lowest BCUT2D eigenvalue weighted by molar-refractivity contribution is -0.126. The van der Waals surface area contributed by atoms with Crippen LogP contribution in [-0.4, -0.2) is 66.0 Å². The van der Waals surface area contributed by atoms with E-state index < -0.39 is 17.3 Å². The molecule has 4 bridgehead atoms. The molecule has 5 aromatic rings. The molecule has 0 aliphatic carbocycles. The molecule has 240 valence electrons. The van der Waals surface area contributed by atoms with Gasteiger partial charge in [-0.15, -0.1) is 5.10 Å². The van der Waals surface area contributed by atoms with Crippen molar-refractivity contribution in [1.29, 1.82) is 0 Å². The largest absolute Gasteiger partial charge is 0.355 e. The minimum Gasteiger partial charge on any atom is -0.350 e. The zero-order valence-corrected chi connectivity index (χ0v) is 26.5. The summed E-state index contributed by atoms with van der Waals surface area (Å²) in [5, 5.41) is 8.91. The van der Waals surface area contributed by atoms with Crippen LogP contribution in [0, 0.1) is 11.6 Å². The van der Waals surface area contributed by atoms with Crippen molar-refractivity contribution >= 4 is 22.8 Å². The first-order valence-corrected chi connectivity index (χ1v) is 15.7. The Kier molecular flexibility index (Phi) is 7.65. The van der Waals surface area contributed by atoms with Gasteiger partial charge in [-0.2, -0.15) is 4.98 Å². The summed E-state index contributed by atoms with van der Waals surface area (Å²) in [6.45, 7) is 11.2. The van der Waals surface area contributed by atoms with E-state index in [1.54, 1.807) is 27.9 Å². The van der Waals surface area contributed by atoms with Crippen LogP contribution in [0.3, 0.4) is 0 Å². The number of anilines is 1. The normalized spacial score (nSPS) is 16.3. The van der Waals surface area contributed by atoms with E-state index in [1.165, 1.54) is 22.8 Å². The van der Waals surface area contributed by atoms with Crippen LogP contribution in [0.25, 0.3) is 28.0 Å². The molecule has 3 aromatic heterocycles. The number of hydrogen-bond acceptors (Lipinski definition) is 7.